The van der Waals surface area contributed by atoms with E-state index in [2.05, 4.69) is 26.1 Å². The van der Waals surface area contributed by atoms with Gasteiger partial charge in [-0.15, -0.1) is 0 Å². The Hall–Kier alpha value is -1.37. The van der Waals surface area contributed by atoms with Gasteiger partial charge < -0.3 is 4.52 Å². The standard InChI is InChI=1S/C15H9BrClFN2OS/c16-7-12-14(9-1-4-11(18)5-2-9)20-21-15(12)22-13-6-3-10(17)8-19-13/h1-6,8H,7H2. The molecular weight excluding hydrogens is 391 g/mol. The van der Waals surface area contributed by atoms with Crippen LogP contribution >= 0.6 is 39.3 Å². The summed E-state index contributed by atoms with van der Waals surface area (Å²) in [7, 11) is 0. The molecule has 0 saturated carbocycles. The quantitative estimate of drug-likeness (QED) is 0.537. The van der Waals surface area contributed by atoms with Crippen LogP contribution in [-0.4, -0.2) is 10.1 Å². The van der Waals surface area contributed by atoms with E-state index in [1.54, 1.807) is 24.4 Å². The first-order valence-electron chi connectivity index (χ1n) is 6.27. The van der Waals surface area contributed by atoms with Crippen molar-refractivity contribution in [2.75, 3.05) is 0 Å². The Morgan fingerprint density at radius 1 is 1.18 bits per heavy atom. The Labute approximate surface area is 144 Å². The summed E-state index contributed by atoms with van der Waals surface area (Å²) in [6, 6.07) is 9.72. The van der Waals surface area contributed by atoms with E-state index in [1.807, 2.05) is 6.07 Å². The molecule has 0 amide bonds. The second-order valence-corrected chi connectivity index (χ2v) is 6.34. The zero-order valence-corrected chi connectivity index (χ0v) is 14.3. The van der Waals surface area contributed by atoms with Gasteiger partial charge in [-0.2, -0.15) is 0 Å². The van der Waals surface area contributed by atoms with Crippen LogP contribution in [0.1, 0.15) is 5.56 Å². The lowest BCUT2D eigenvalue weighted by atomic mass is 10.1. The smallest absolute Gasteiger partial charge is 0.204 e. The summed E-state index contributed by atoms with van der Waals surface area (Å²) in [6.07, 6.45) is 1.58. The summed E-state index contributed by atoms with van der Waals surface area (Å²) < 4.78 is 18.5. The third-order valence-corrected chi connectivity index (χ3v) is 4.64. The van der Waals surface area contributed by atoms with Crippen LogP contribution < -0.4 is 0 Å². The van der Waals surface area contributed by atoms with Crippen LogP contribution in [0, 0.1) is 5.82 Å². The zero-order valence-electron chi connectivity index (χ0n) is 11.1. The SMILES string of the molecule is Fc1ccc(-c2noc(Sc3ccc(Cl)cn3)c2CBr)cc1. The minimum atomic E-state index is -0.285. The van der Waals surface area contributed by atoms with E-state index in [9.17, 15) is 4.39 Å². The molecule has 0 aliphatic rings. The van der Waals surface area contributed by atoms with Crippen LogP contribution in [0.5, 0.6) is 0 Å². The van der Waals surface area contributed by atoms with Crippen LogP contribution in [-0.2, 0) is 5.33 Å². The summed E-state index contributed by atoms with van der Waals surface area (Å²) >= 11 is 10.6. The molecule has 3 aromatic rings. The van der Waals surface area contributed by atoms with Crippen molar-refractivity contribution >= 4 is 39.3 Å². The maximum Gasteiger partial charge on any atom is 0.204 e. The summed E-state index contributed by atoms with van der Waals surface area (Å²) in [4.78, 5) is 4.22. The molecule has 0 aliphatic carbocycles. The predicted octanol–water partition coefficient (Wildman–Crippen LogP) is 5.58. The Morgan fingerprint density at radius 3 is 2.59 bits per heavy atom. The first-order chi connectivity index (χ1) is 10.7. The van der Waals surface area contributed by atoms with Crippen molar-refractivity contribution < 1.29 is 8.91 Å². The number of benzene rings is 1. The van der Waals surface area contributed by atoms with Crippen LogP contribution in [0.4, 0.5) is 4.39 Å². The van der Waals surface area contributed by atoms with Gasteiger partial charge in [-0.3, -0.25) is 0 Å². The van der Waals surface area contributed by atoms with Crippen LogP contribution in [0.2, 0.25) is 5.02 Å². The van der Waals surface area contributed by atoms with Crippen molar-refractivity contribution in [1.82, 2.24) is 10.1 Å². The van der Waals surface area contributed by atoms with Gasteiger partial charge in [0.2, 0.25) is 5.09 Å². The molecule has 2 aromatic heterocycles. The van der Waals surface area contributed by atoms with E-state index < -0.39 is 0 Å². The highest BCUT2D eigenvalue weighted by Gasteiger charge is 2.18. The van der Waals surface area contributed by atoms with Crippen molar-refractivity contribution in [3.63, 3.8) is 0 Å². The van der Waals surface area contributed by atoms with Gasteiger partial charge in [0.25, 0.3) is 0 Å². The van der Waals surface area contributed by atoms with Gasteiger partial charge in [-0.25, -0.2) is 9.37 Å². The number of pyridine rings is 1. The van der Waals surface area contributed by atoms with Gasteiger partial charge >= 0.3 is 0 Å². The van der Waals surface area contributed by atoms with Gasteiger partial charge in [0.15, 0.2) is 0 Å². The third kappa shape index (κ3) is 3.34. The molecule has 0 bridgehead atoms. The topological polar surface area (TPSA) is 38.9 Å². The minimum absolute atomic E-state index is 0.285. The van der Waals surface area contributed by atoms with E-state index in [4.69, 9.17) is 16.1 Å². The van der Waals surface area contributed by atoms with Crippen molar-refractivity contribution in [2.24, 2.45) is 0 Å². The van der Waals surface area contributed by atoms with Gasteiger partial charge in [0.1, 0.15) is 16.5 Å². The number of halogens is 3. The average Bonchev–Trinajstić information content (AvgIpc) is 2.93. The maximum absolute atomic E-state index is 13.0. The first kappa shape index (κ1) is 15.5. The summed E-state index contributed by atoms with van der Waals surface area (Å²) in [5.41, 5.74) is 2.39. The molecule has 0 atom stereocenters. The first-order valence-corrected chi connectivity index (χ1v) is 8.59. The van der Waals surface area contributed by atoms with Crippen LogP contribution in [0.3, 0.4) is 0 Å². The van der Waals surface area contributed by atoms with E-state index in [1.165, 1.54) is 23.9 Å². The summed E-state index contributed by atoms with van der Waals surface area (Å²) in [5, 5.41) is 6.65. The number of alkyl halides is 1. The van der Waals surface area contributed by atoms with Gasteiger partial charge in [0.05, 0.1) is 5.02 Å². The molecule has 0 spiro atoms. The average molecular weight is 400 g/mol. The molecule has 3 nitrogen and oxygen atoms in total. The molecule has 112 valence electrons. The second kappa shape index (κ2) is 6.81. The third-order valence-electron chi connectivity index (χ3n) is 2.90. The molecule has 0 saturated heterocycles. The fourth-order valence-corrected chi connectivity index (χ4v) is 3.46. The normalized spacial score (nSPS) is 10.9. The number of hydrogen-bond acceptors (Lipinski definition) is 4. The van der Waals surface area contributed by atoms with Crippen molar-refractivity contribution in [2.45, 2.75) is 15.4 Å². The largest absolute Gasteiger partial charge is 0.349 e. The molecule has 0 radical (unpaired) electrons. The molecule has 2 heterocycles. The van der Waals surface area contributed by atoms with Crippen LogP contribution in [0.25, 0.3) is 11.3 Å². The summed E-state index contributed by atoms with van der Waals surface area (Å²) in [5.74, 6) is -0.285. The Morgan fingerprint density at radius 2 is 1.95 bits per heavy atom. The molecule has 0 aliphatic heterocycles. The van der Waals surface area contributed by atoms with Crippen molar-refractivity contribution in [1.29, 1.82) is 0 Å². The molecule has 1 aromatic carbocycles. The van der Waals surface area contributed by atoms with Crippen molar-refractivity contribution in [3.8, 4) is 11.3 Å². The minimum Gasteiger partial charge on any atom is -0.349 e. The highest BCUT2D eigenvalue weighted by Crippen LogP contribution is 2.36. The number of nitrogens with zero attached hydrogens (tertiary/aromatic N) is 2. The van der Waals surface area contributed by atoms with E-state index >= 15 is 0 Å². The molecule has 3 rings (SSSR count). The number of aromatic nitrogens is 2. The lowest BCUT2D eigenvalue weighted by molar-refractivity contribution is 0.349. The van der Waals surface area contributed by atoms with Gasteiger partial charge in [0, 0.05) is 22.7 Å². The monoisotopic (exact) mass is 398 g/mol. The zero-order chi connectivity index (χ0) is 15.5. The van der Waals surface area contributed by atoms with Crippen LogP contribution in [0.15, 0.2) is 57.2 Å². The van der Waals surface area contributed by atoms with E-state index in [0.717, 1.165) is 16.2 Å². The van der Waals surface area contributed by atoms with Gasteiger partial charge in [-0.1, -0.05) is 32.7 Å². The number of rotatable bonds is 4. The fourth-order valence-electron chi connectivity index (χ4n) is 1.84. The maximum atomic E-state index is 13.0. The lowest BCUT2D eigenvalue weighted by Gasteiger charge is -2.01. The fraction of sp³-hybridized carbons (Fsp3) is 0.0667. The molecule has 0 unspecified atom stereocenters. The highest BCUT2D eigenvalue weighted by atomic mass is 79.9. The van der Waals surface area contributed by atoms with Gasteiger partial charge in [-0.05, 0) is 48.2 Å². The molecule has 0 N–H and O–H groups in total. The molecule has 7 heteroatoms. The Bertz CT molecular complexity index is 777. The van der Waals surface area contributed by atoms with E-state index in [-0.39, 0.29) is 5.82 Å². The second-order valence-electron chi connectivity index (χ2n) is 4.35. The number of hydrogen-bond donors (Lipinski definition) is 0. The highest BCUT2D eigenvalue weighted by molar-refractivity contribution is 9.08. The predicted molar refractivity (Wildman–Crippen MR) is 87.9 cm³/mol. The Balaban J connectivity index is 1.93. The lowest BCUT2D eigenvalue weighted by Crippen LogP contribution is -1.86. The summed E-state index contributed by atoms with van der Waals surface area (Å²) in [6.45, 7) is 0. The Kier molecular flexibility index (Phi) is 4.81. The molecule has 0 fully saturated rings. The molecular formula is C15H9BrClFN2OS. The molecule has 22 heavy (non-hydrogen) atoms. The van der Waals surface area contributed by atoms with Crippen molar-refractivity contribution in [3.05, 3.63) is 59.0 Å². The van der Waals surface area contributed by atoms with E-state index in [0.29, 0.717) is 21.1 Å².